The van der Waals surface area contributed by atoms with Crippen LogP contribution in [0.15, 0.2) is 12.3 Å². The summed E-state index contributed by atoms with van der Waals surface area (Å²) in [7, 11) is 0. The number of hydrogen-bond acceptors (Lipinski definition) is 4. The Hall–Kier alpha value is -2.42. The van der Waals surface area contributed by atoms with Crippen molar-refractivity contribution in [2.75, 3.05) is 0 Å². The molecule has 3 rings (SSSR count). The first-order valence-electron chi connectivity index (χ1n) is 6.10. The number of aryl methyl sites for hydroxylation is 2. The molecular weight excluding hydrogens is 242 g/mol. The van der Waals surface area contributed by atoms with Crippen LogP contribution in [-0.2, 0) is 0 Å². The summed E-state index contributed by atoms with van der Waals surface area (Å²) in [6, 6.07) is 3.99. The van der Waals surface area contributed by atoms with Crippen molar-refractivity contribution in [3.63, 3.8) is 0 Å². The van der Waals surface area contributed by atoms with Crippen molar-refractivity contribution in [3.05, 3.63) is 29.2 Å². The van der Waals surface area contributed by atoms with E-state index in [-0.39, 0.29) is 5.91 Å². The fraction of sp³-hybridized carbons (Fsp3) is 0.385. The number of amides is 1. The highest BCUT2D eigenvalue weighted by Gasteiger charge is 2.45. The van der Waals surface area contributed by atoms with E-state index in [1.807, 2.05) is 19.9 Å². The van der Waals surface area contributed by atoms with Crippen LogP contribution >= 0.6 is 0 Å². The summed E-state index contributed by atoms with van der Waals surface area (Å²) in [6.07, 6.45) is 2.96. The van der Waals surface area contributed by atoms with Crippen LogP contribution in [0.2, 0.25) is 0 Å². The fourth-order valence-electron chi connectivity index (χ4n) is 2.06. The van der Waals surface area contributed by atoms with Crippen LogP contribution < -0.4 is 5.32 Å². The molecule has 0 unspecified atom stereocenters. The number of carbonyl (C=O) groups excluding carboxylic acids is 1. The topological polar surface area (TPSA) is 83.1 Å². The largest absolute Gasteiger partial charge is 0.334 e. The number of nitriles is 1. The molecular formula is C13H13N5O. The number of hydrogen-bond donors (Lipinski definition) is 1. The van der Waals surface area contributed by atoms with Crippen molar-refractivity contribution >= 4 is 11.6 Å². The molecule has 6 nitrogen and oxygen atoms in total. The zero-order valence-electron chi connectivity index (χ0n) is 10.8. The minimum Gasteiger partial charge on any atom is -0.334 e. The maximum atomic E-state index is 12.2. The van der Waals surface area contributed by atoms with E-state index in [0.717, 1.165) is 11.4 Å². The first-order valence-corrected chi connectivity index (χ1v) is 6.10. The van der Waals surface area contributed by atoms with Crippen molar-refractivity contribution in [3.8, 4) is 6.07 Å². The van der Waals surface area contributed by atoms with Gasteiger partial charge in [-0.25, -0.2) is 9.50 Å². The lowest BCUT2D eigenvalue weighted by Crippen LogP contribution is -2.36. The van der Waals surface area contributed by atoms with Crippen LogP contribution in [0.1, 0.15) is 34.6 Å². The summed E-state index contributed by atoms with van der Waals surface area (Å²) in [5.41, 5.74) is 2.08. The Morgan fingerprint density at radius 3 is 2.89 bits per heavy atom. The maximum Gasteiger partial charge on any atom is 0.255 e. The van der Waals surface area contributed by atoms with Gasteiger partial charge in [0.15, 0.2) is 5.65 Å². The van der Waals surface area contributed by atoms with Gasteiger partial charge in [0.25, 0.3) is 5.91 Å². The van der Waals surface area contributed by atoms with Gasteiger partial charge < -0.3 is 5.32 Å². The number of aromatic nitrogens is 3. The van der Waals surface area contributed by atoms with Crippen LogP contribution in [0.4, 0.5) is 0 Å². The van der Waals surface area contributed by atoms with Gasteiger partial charge >= 0.3 is 0 Å². The van der Waals surface area contributed by atoms with Gasteiger partial charge in [-0.2, -0.15) is 10.4 Å². The molecule has 2 aromatic heterocycles. The van der Waals surface area contributed by atoms with Crippen LogP contribution in [0.5, 0.6) is 0 Å². The molecule has 0 spiro atoms. The molecule has 0 atom stereocenters. The standard InChI is InChI=1S/C13H13N5O/c1-8-5-11-15-6-10(9(2)18(11)17-8)12(19)16-13(7-14)3-4-13/h5-6H,3-4H2,1-2H3,(H,16,19). The Labute approximate surface area is 110 Å². The zero-order chi connectivity index (χ0) is 13.6. The highest BCUT2D eigenvalue weighted by molar-refractivity contribution is 5.96. The Morgan fingerprint density at radius 2 is 2.26 bits per heavy atom. The van der Waals surface area contributed by atoms with E-state index in [1.165, 1.54) is 6.20 Å². The van der Waals surface area contributed by atoms with E-state index in [4.69, 9.17) is 5.26 Å². The van der Waals surface area contributed by atoms with Gasteiger partial charge in [0.2, 0.25) is 0 Å². The fourth-order valence-corrected chi connectivity index (χ4v) is 2.06. The lowest BCUT2D eigenvalue weighted by atomic mass is 10.2. The Morgan fingerprint density at radius 1 is 1.53 bits per heavy atom. The van der Waals surface area contributed by atoms with Gasteiger partial charge in [0, 0.05) is 12.3 Å². The predicted octanol–water partition coefficient (Wildman–Crippen LogP) is 1.13. The third-order valence-corrected chi connectivity index (χ3v) is 3.41. The van der Waals surface area contributed by atoms with Crippen LogP contribution in [0.25, 0.3) is 5.65 Å². The van der Waals surface area contributed by atoms with Gasteiger partial charge in [-0.1, -0.05) is 0 Å². The second-order valence-corrected chi connectivity index (χ2v) is 4.96. The maximum absolute atomic E-state index is 12.2. The number of rotatable bonds is 2. The summed E-state index contributed by atoms with van der Waals surface area (Å²) in [5, 5.41) is 16.1. The SMILES string of the molecule is Cc1cc2ncc(C(=O)NC3(C#N)CC3)c(C)n2n1. The first-order chi connectivity index (χ1) is 9.04. The van der Waals surface area contributed by atoms with E-state index in [1.54, 1.807) is 4.52 Å². The van der Waals surface area contributed by atoms with Crippen molar-refractivity contribution in [1.82, 2.24) is 19.9 Å². The third kappa shape index (κ3) is 1.83. The molecule has 1 amide bonds. The van der Waals surface area contributed by atoms with E-state index in [2.05, 4.69) is 21.5 Å². The molecule has 0 radical (unpaired) electrons. The third-order valence-electron chi connectivity index (χ3n) is 3.41. The highest BCUT2D eigenvalue weighted by atomic mass is 16.1. The van der Waals surface area contributed by atoms with Crippen LogP contribution in [-0.4, -0.2) is 26.0 Å². The van der Waals surface area contributed by atoms with Crippen LogP contribution in [0, 0.1) is 25.2 Å². The van der Waals surface area contributed by atoms with Gasteiger partial charge in [-0.3, -0.25) is 4.79 Å². The van der Waals surface area contributed by atoms with Crippen molar-refractivity contribution in [2.45, 2.75) is 32.2 Å². The number of carbonyl (C=O) groups is 1. The molecule has 0 bridgehead atoms. The molecule has 2 aromatic rings. The number of nitrogens with one attached hydrogen (secondary N) is 1. The van der Waals surface area contributed by atoms with Gasteiger partial charge in [-0.15, -0.1) is 0 Å². The van der Waals surface area contributed by atoms with E-state index in [0.29, 0.717) is 24.1 Å². The lowest BCUT2D eigenvalue weighted by molar-refractivity contribution is 0.0940. The second kappa shape index (κ2) is 3.79. The molecule has 1 fully saturated rings. The highest BCUT2D eigenvalue weighted by Crippen LogP contribution is 2.34. The monoisotopic (exact) mass is 255 g/mol. The number of fused-ring (bicyclic) bond motifs is 1. The number of nitrogens with zero attached hydrogens (tertiary/aromatic N) is 4. The van der Waals surface area contributed by atoms with Crippen LogP contribution in [0.3, 0.4) is 0 Å². The normalized spacial score (nSPS) is 16.1. The van der Waals surface area contributed by atoms with Gasteiger partial charge in [0.1, 0.15) is 5.54 Å². The average Bonchev–Trinajstić information content (AvgIpc) is 3.03. The predicted molar refractivity (Wildman–Crippen MR) is 67.5 cm³/mol. The molecule has 1 saturated carbocycles. The average molecular weight is 255 g/mol. The summed E-state index contributed by atoms with van der Waals surface area (Å²) >= 11 is 0. The van der Waals surface area contributed by atoms with Crippen molar-refractivity contribution in [2.24, 2.45) is 0 Å². The Kier molecular flexibility index (Phi) is 2.32. The lowest BCUT2D eigenvalue weighted by Gasteiger charge is -2.11. The van der Waals surface area contributed by atoms with E-state index >= 15 is 0 Å². The zero-order valence-corrected chi connectivity index (χ0v) is 10.8. The van der Waals surface area contributed by atoms with Gasteiger partial charge in [0.05, 0.1) is 23.0 Å². The summed E-state index contributed by atoms with van der Waals surface area (Å²) in [6.45, 7) is 3.70. The Bertz CT molecular complexity index is 720. The Balaban J connectivity index is 1.99. The van der Waals surface area contributed by atoms with Crippen molar-refractivity contribution < 1.29 is 4.79 Å². The molecule has 6 heteroatoms. The smallest absolute Gasteiger partial charge is 0.255 e. The molecule has 0 saturated heterocycles. The summed E-state index contributed by atoms with van der Waals surface area (Å²) in [5.74, 6) is -0.265. The van der Waals surface area contributed by atoms with Gasteiger partial charge in [-0.05, 0) is 26.7 Å². The summed E-state index contributed by atoms with van der Waals surface area (Å²) < 4.78 is 1.65. The second-order valence-electron chi connectivity index (χ2n) is 4.96. The molecule has 1 aliphatic carbocycles. The molecule has 1 aliphatic rings. The molecule has 1 N–H and O–H groups in total. The molecule has 19 heavy (non-hydrogen) atoms. The van der Waals surface area contributed by atoms with Crippen molar-refractivity contribution in [1.29, 1.82) is 5.26 Å². The van der Waals surface area contributed by atoms with E-state index in [9.17, 15) is 4.79 Å². The minimum atomic E-state index is -0.668. The van der Waals surface area contributed by atoms with E-state index < -0.39 is 5.54 Å². The quantitative estimate of drug-likeness (QED) is 0.872. The first kappa shape index (κ1) is 11.7. The molecule has 0 aromatic carbocycles. The summed E-state index contributed by atoms with van der Waals surface area (Å²) in [4.78, 5) is 16.4. The molecule has 96 valence electrons. The molecule has 2 heterocycles. The molecule has 0 aliphatic heterocycles. The minimum absolute atomic E-state index is 0.265.